The normalized spacial score (nSPS) is 17.6. The van der Waals surface area contributed by atoms with Crippen LogP contribution in [0, 0.1) is 0 Å². The van der Waals surface area contributed by atoms with E-state index in [1.165, 1.54) is 18.0 Å². The first-order valence-electron chi connectivity index (χ1n) is 6.27. The van der Waals surface area contributed by atoms with Gasteiger partial charge in [0.15, 0.2) is 16.6 Å². The maximum absolute atomic E-state index is 5.81. The Balaban J connectivity index is 2.00. The maximum atomic E-state index is 5.81. The Morgan fingerprint density at radius 2 is 2.22 bits per heavy atom. The Morgan fingerprint density at radius 3 is 2.72 bits per heavy atom. The molecule has 0 aromatic carbocycles. The Hall–Kier alpha value is -1.01. The van der Waals surface area contributed by atoms with Crippen LogP contribution in [0.15, 0.2) is 0 Å². The van der Waals surface area contributed by atoms with Crippen molar-refractivity contribution in [2.75, 3.05) is 24.7 Å². The molecule has 0 radical (unpaired) electrons. The predicted octanol–water partition coefficient (Wildman–Crippen LogP) is 2.49. The van der Waals surface area contributed by atoms with Gasteiger partial charge in [0.05, 0.1) is 11.7 Å². The minimum absolute atomic E-state index is 0.0200. The van der Waals surface area contributed by atoms with Crippen LogP contribution in [0.2, 0.25) is 0 Å². The van der Waals surface area contributed by atoms with Crippen molar-refractivity contribution in [3.63, 3.8) is 0 Å². The molecule has 6 heteroatoms. The average molecular weight is 271 g/mol. The highest BCUT2D eigenvalue weighted by Crippen LogP contribution is 2.39. The minimum atomic E-state index is -0.0200. The summed E-state index contributed by atoms with van der Waals surface area (Å²) in [5.41, 5.74) is 5.79. The number of nitrogens with one attached hydrogen (secondary N) is 1. The van der Waals surface area contributed by atoms with Gasteiger partial charge in [-0.3, -0.25) is 0 Å². The number of nitrogens with zero attached hydrogens (tertiary/aromatic N) is 1. The van der Waals surface area contributed by atoms with Gasteiger partial charge in [-0.15, -0.1) is 0 Å². The summed E-state index contributed by atoms with van der Waals surface area (Å²) in [6, 6.07) is 0. The summed E-state index contributed by atoms with van der Waals surface area (Å²) in [7, 11) is 1.77. The third kappa shape index (κ3) is 2.70. The van der Waals surface area contributed by atoms with E-state index in [0.717, 1.165) is 24.4 Å². The zero-order valence-corrected chi connectivity index (χ0v) is 12.0. The van der Waals surface area contributed by atoms with E-state index >= 15 is 0 Å². The van der Waals surface area contributed by atoms with Crippen molar-refractivity contribution in [1.29, 1.82) is 0 Å². The van der Waals surface area contributed by atoms with Crippen LogP contribution in [0.3, 0.4) is 0 Å². The predicted molar refractivity (Wildman–Crippen MR) is 74.4 cm³/mol. The summed E-state index contributed by atoms with van der Waals surface area (Å²) in [5, 5.41) is 4.25. The highest BCUT2D eigenvalue weighted by molar-refractivity contribution is 7.11. The monoisotopic (exact) mass is 271 g/mol. The Kier molecular flexibility index (Phi) is 3.97. The second-order valence-corrected chi connectivity index (χ2v) is 5.76. The topological polar surface area (TPSA) is 69.4 Å². The summed E-state index contributed by atoms with van der Waals surface area (Å²) < 4.78 is 15.4. The van der Waals surface area contributed by atoms with Gasteiger partial charge in [-0.2, -0.15) is 4.37 Å². The number of nitrogens with two attached hydrogens (primary N) is 1. The number of ether oxygens (including phenoxy) is 2. The molecule has 18 heavy (non-hydrogen) atoms. The van der Waals surface area contributed by atoms with E-state index in [2.05, 4.69) is 9.69 Å². The number of anilines is 2. The fourth-order valence-electron chi connectivity index (χ4n) is 2.02. The molecule has 1 aliphatic rings. The standard InChI is InChI=1S/C12H21N3O2S/c1-8(2)17-9-10(13)15-18-11(9)14-7-12(16-3)5-4-6-12/h8,14H,4-7H2,1-3H3,(H2,13,15). The third-order valence-electron chi connectivity index (χ3n) is 3.30. The van der Waals surface area contributed by atoms with Crippen molar-refractivity contribution in [1.82, 2.24) is 4.37 Å². The van der Waals surface area contributed by atoms with Crippen LogP contribution in [0.25, 0.3) is 0 Å². The van der Waals surface area contributed by atoms with Gasteiger partial charge in [0.1, 0.15) is 0 Å². The van der Waals surface area contributed by atoms with Crippen molar-refractivity contribution in [3.8, 4) is 5.75 Å². The first-order chi connectivity index (χ1) is 8.56. The van der Waals surface area contributed by atoms with Gasteiger partial charge < -0.3 is 20.5 Å². The number of nitrogen functional groups attached to an aromatic ring is 1. The highest BCUT2D eigenvalue weighted by atomic mass is 32.1. The first kappa shape index (κ1) is 13.4. The van der Waals surface area contributed by atoms with Gasteiger partial charge in [0, 0.05) is 13.7 Å². The van der Waals surface area contributed by atoms with Gasteiger partial charge in [-0.1, -0.05) is 0 Å². The molecular formula is C12H21N3O2S. The molecule has 0 spiro atoms. The molecule has 3 N–H and O–H groups in total. The second kappa shape index (κ2) is 5.32. The van der Waals surface area contributed by atoms with Crippen LogP contribution in [-0.2, 0) is 4.74 Å². The molecule has 1 heterocycles. The molecule has 0 bridgehead atoms. The summed E-state index contributed by atoms with van der Waals surface area (Å²) in [5.74, 6) is 1.12. The highest BCUT2D eigenvalue weighted by Gasteiger charge is 2.37. The van der Waals surface area contributed by atoms with Gasteiger partial charge in [-0.25, -0.2) is 0 Å². The molecule has 1 aromatic heterocycles. The van der Waals surface area contributed by atoms with Crippen LogP contribution in [0.5, 0.6) is 5.75 Å². The lowest BCUT2D eigenvalue weighted by molar-refractivity contribution is -0.0601. The van der Waals surface area contributed by atoms with E-state index in [-0.39, 0.29) is 11.7 Å². The molecule has 1 aromatic rings. The number of rotatable bonds is 6. The third-order valence-corrected chi connectivity index (χ3v) is 4.10. The van der Waals surface area contributed by atoms with E-state index in [0.29, 0.717) is 11.6 Å². The van der Waals surface area contributed by atoms with Crippen LogP contribution in [0.4, 0.5) is 10.8 Å². The molecule has 1 saturated carbocycles. The Labute approximate surface area is 112 Å². The van der Waals surface area contributed by atoms with E-state index in [9.17, 15) is 0 Å². The molecule has 1 aliphatic carbocycles. The second-order valence-electron chi connectivity index (χ2n) is 4.99. The molecule has 0 saturated heterocycles. The summed E-state index contributed by atoms with van der Waals surface area (Å²) in [6.45, 7) is 4.73. The first-order valence-corrected chi connectivity index (χ1v) is 7.04. The number of aromatic nitrogens is 1. The van der Waals surface area contributed by atoms with Crippen LogP contribution >= 0.6 is 11.5 Å². The van der Waals surface area contributed by atoms with Crippen molar-refractivity contribution >= 4 is 22.4 Å². The summed E-state index contributed by atoms with van der Waals surface area (Å²) in [4.78, 5) is 0. The molecule has 0 amide bonds. The van der Waals surface area contributed by atoms with E-state index in [4.69, 9.17) is 15.2 Å². The lowest BCUT2D eigenvalue weighted by Gasteiger charge is -2.40. The molecule has 102 valence electrons. The smallest absolute Gasteiger partial charge is 0.197 e. The lowest BCUT2D eigenvalue weighted by atomic mass is 9.80. The van der Waals surface area contributed by atoms with E-state index in [1.54, 1.807) is 7.11 Å². The molecule has 5 nitrogen and oxygen atoms in total. The molecule has 1 fully saturated rings. The summed E-state index contributed by atoms with van der Waals surface area (Å²) in [6.07, 6.45) is 3.52. The number of methoxy groups -OCH3 is 1. The van der Waals surface area contributed by atoms with Crippen LogP contribution < -0.4 is 15.8 Å². The van der Waals surface area contributed by atoms with Gasteiger partial charge in [0.25, 0.3) is 0 Å². The summed E-state index contributed by atoms with van der Waals surface area (Å²) >= 11 is 1.34. The Morgan fingerprint density at radius 1 is 1.50 bits per heavy atom. The fourth-order valence-corrected chi connectivity index (χ4v) is 2.67. The quantitative estimate of drug-likeness (QED) is 0.832. The van der Waals surface area contributed by atoms with Crippen molar-refractivity contribution in [3.05, 3.63) is 0 Å². The number of hydrogen-bond donors (Lipinski definition) is 2. The average Bonchev–Trinajstić information content (AvgIpc) is 2.60. The molecule has 0 aliphatic heterocycles. The minimum Gasteiger partial charge on any atom is -0.484 e. The lowest BCUT2D eigenvalue weighted by Crippen LogP contribution is -2.45. The van der Waals surface area contributed by atoms with Crippen LogP contribution in [-0.4, -0.2) is 29.7 Å². The Bertz CT molecular complexity index is 397. The van der Waals surface area contributed by atoms with Crippen molar-refractivity contribution in [2.45, 2.75) is 44.8 Å². The molecular weight excluding hydrogens is 250 g/mol. The van der Waals surface area contributed by atoms with Crippen LogP contribution in [0.1, 0.15) is 33.1 Å². The van der Waals surface area contributed by atoms with Gasteiger partial charge in [0.2, 0.25) is 0 Å². The maximum Gasteiger partial charge on any atom is 0.197 e. The van der Waals surface area contributed by atoms with Crippen molar-refractivity contribution < 1.29 is 9.47 Å². The molecule has 0 atom stereocenters. The van der Waals surface area contributed by atoms with E-state index < -0.39 is 0 Å². The van der Waals surface area contributed by atoms with Gasteiger partial charge in [-0.05, 0) is 44.6 Å². The molecule has 2 rings (SSSR count). The number of hydrogen-bond acceptors (Lipinski definition) is 6. The zero-order valence-electron chi connectivity index (χ0n) is 11.2. The largest absolute Gasteiger partial charge is 0.484 e. The van der Waals surface area contributed by atoms with Gasteiger partial charge >= 0.3 is 0 Å². The SMILES string of the molecule is COC1(CNc2snc(N)c2OC(C)C)CCC1. The molecule has 0 unspecified atom stereocenters. The van der Waals surface area contributed by atoms with Crippen molar-refractivity contribution in [2.24, 2.45) is 0 Å². The zero-order chi connectivity index (χ0) is 13.2. The van der Waals surface area contributed by atoms with E-state index in [1.807, 2.05) is 13.8 Å². The fraction of sp³-hybridized carbons (Fsp3) is 0.750.